The molecule has 1 fully saturated rings. The Balaban J connectivity index is 2.42. The number of carbonyl (C=O) groups excluding carboxylic acids is 1. The van der Waals surface area contributed by atoms with E-state index in [0.29, 0.717) is 36.1 Å². The summed E-state index contributed by atoms with van der Waals surface area (Å²) < 4.78 is 11.8. The second-order valence-corrected chi connectivity index (χ2v) is 6.74. The van der Waals surface area contributed by atoms with Gasteiger partial charge in [0.1, 0.15) is 0 Å². The number of hydrogen-bond acceptors (Lipinski definition) is 5. The number of halogens is 1. The molecular weight excluding hydrogens is 392 g/mol. The minimum absolute atomic E-state index is 0.0182. The number of amides is 1. The molecular formula is C17H21BrN2O3S. The molecule has 1 heterocycles. The second-order valence-electron chi connectivity index (χ2n) is 4.87. The molecule has 0 aromatic heterocycles. The van der Waals surface area contributed by atoms with Crippen LogP contribution >= 0.6 is 27.7 Å². The summed E-state index contributed by atoms with van der Waals surface area (Å²) >= 11 is 4.94. The quantitative estimate of drug-likeness (QED) is 0.657. The monoisotopic (exact) mass is 412 g/mol. The van der Waals surface area contributed by atoms with Crippen molar-refractivity contribution < 1.29 is 14.3 Å². The molecule has 0 bridgehead atoms. The molecule has 0 aliphatic carbocycles. The molecule has 0 atom stereocenters. The minimum atomic E-state index is -0.0182. The van der Waals surface area contributed by atoms with Crippen LogP contribution in [0.25, 0.3) is 6.08 Å². The number of carbonyl (C=O) groups is 1. The predicted molar refractivity (Wildman–Crippen MR) is 103 cm³/mol. The number of likely N-dealkylation sites (N-methyl/N-ethyl adjacent to an activating group) is 1. The van der Waals surface area contributed by atoms with E-state index in [1.165, 1.54) is 11.8 Å². The van der Waals surface area contributed by atoms with Gasteiger partial charge in [0.2, 0.25) is 0 Å². The van der Waals surface area contributed by atoms with E-state index < -0.39 is 0 Å². The van der Waals surface area contributed by atoms with E-state index in [1.807, 2.05) is 39.0 Å². The summed E-state index contributed by atoms with van der Waals surface area (Å²) in [4.78, 5) is 19.3. The summed E-state index contributed by atoms with van der Waals surface area (Å²) in [6.45, 7) is 7.63. The SMILES string of the molecule is CCN=C1S/C(=C/c2cc(OCC)c(OC)cc2Br)C(=O)N1CC. The van der Waals surface area contributed by atoms with Gasteiger partial charge >= 0.3 is 0 Å². The first-order valence-electron chi connectivity index (χ1n) is 7.81. The topological polar surface area (TPSA) is 51.1 Å². The van der Waals surface area contributed by atoms with Gasteiger partial charge < -0.3 is 9.47 Å². The molecule has 130 valence electrons. The van der Waals surface area contributed by atoms with Gasteiger partial charge in [-0.15, -0.1) is 0 Å². The first-order valence-corrected chi connectivity index (χ1v) is 9.42. The third-order valence-corrected chi connectivity index (χ3v) is 5.10. The normalized spacial score (nSPS) is 17.9. The highest BCUT2D eigenvalue weighted by Gasteiger charge is 2.32. The van der Waals surface area contributed by atoms with Gasteiger partial charge in [-0.25, -0.2) is 0 Å². The molecule has 0 radical (unpaired) electrons. The molecule has 0 spiro atoms. The fraction of sp³-hybridized carbons (Fsp3) is 0.412. The van der Waals surface area contributed by atoms with Crippen LogP contribution in [-0.4, -0.2) is 42.8 Å². The number of methoxy groups -OCH3 is 1. The second kappa shape index (κ2) is 8.58. The fourth-order valence-corrected chi connectivity index (χ4v) is 3.80. The number of rotatable bonds is 6. The first-order chi connectivity index (χ1) is 11.5. The van der Waals surface area contributed by atoms with Crippen LogP contribution in [0, 0.1) is 0 Å². The fourth-order valence-electron chi connectivity index (χ4n) is 2.27. The summed E-state index contributed by atoms with van der Waals surface area (Å²) in [6.07, 6.45) is 1.86. The zero-order valence-corrected chi connectivity index (χ0v) is 16.7. The maximum absolute atomic E-state index is 12.6. The van der Waals surface area contributed by atoms with Crippen LogP contribution in [0.15, 0.2) is 26.5 Å². The Labute approximate surface area is 155 Å². The lowest BCUT2D eigenvalue weighted by molar-refractivity contribution is -0.122. The van der Waals surface area contributed by atoms with E-state index >= 15 is 0 Å². The molecule has 0 N–H and O–H groups in total. The van der Waals surface area contributed by atoms with Gasteiger partial charge in [0.05, 0.1) is 18.6 Å². The van der Waals surface area contributed by atoms with Gasteiger partial charge in [0.25, 0.3) is 5.91 Å². The van der Waals surface area contributed by atoms with Crippen LogP contribution in [0.2, 0.25) is 0 Å². The van der Waals surface area contributed by atoms with Crippen LogP contribution < -0.4 is 9.47 Å². The lowest BCUT2D eigenvalue weighted by atomic mass is 10.2. The van der Waals surface area contributed by atoms with E-state index in [1.54, 1.807) is 12.0 Å². The highest BCUT2D eigenvalue weighted by atomic mass is 79.9. The molecule has 1 aliphatic rings. The smallest absolute Gasteiger partial charge is 0.266 e. The van der Waals surface area contributed by atoms with Crippen molar-refractivity contribution in [2.45, 2.75) is 20.8 Å². The van der Waals surface area contributed by atoms with Crippen molar-refractivity contribution in [3.05, 3.63) is 27.1 Å². The van der Waals surface area contributed by atoms with Crippen molar-refractivity contribution in [3.8, 4) is 11.5 Å². The van der Waals surface area contributed by atoms with Crippen LogP contribution in [0.5, 0.6) is 11.5 Å². The number of nitrogens with zero attached hydrogens (tertiary/aromatic N) is 2. The van der Waals surface area contributed by atoms with Gasteiger partial charge in [0.15, 0.2) is 16.7 Å². The largest absolute Gasteiger partial charge is 0.493 e. The summed E-state index contributed by atoms with van der Waals surface area (Å²) in [5.74, 6) is 1.29. The van der Waals surface area contributed by atoms with Crippen molar-refractivity contribution in [1.29, 1.82) is 0 Å². The van der Waals surface area contributed by atoms with E-state index in [9.17, 15) is 4.79 Å². The zero-order chi connectivity index (χ0) is 17.7. The van der Waals surface area contributed by atoms with Crippen molar-refractivity contribution in [1.82, 2.24) is 4.90 Å². The number of amidine groups is 1. The van der Waals surface area contributed by atoms with Crippen LogP contribution in [-0.2, 0) is 4.79 Å². The van der Waals surface area contributed by atoms with Gasteiger partial charge in [-0.2, -0.15) is 0 Å². The van der Waals surface area contributed by atoms with E-state index in [4.69, 9.17) is 9.47 Å². The Morgan fingerprint density at radius 2 is 2.04 bits per heavy atom. The summed E-state index contributed by atoms with van der Waals surface area (Å²) in [6, 6.07) is 3.72. The molecule has 7 heteroatoms. The standard InChI is InChI=1S/C17H21BrN2O3S/c1-5-19-17-20(6-2)16(21)15(24-17)9-11-8-14(23-7-3)13(22-4)10-12(11)18/h8-10H,5-7H2,1-4H3/b15-9+,19-17?. The van der Waals surface area contributed by atoms with Gasteiger partial charge in [-0.3, -0.25) is 14.7 Å². The highest BCUT2D eigenvalue weighted by molar-refractivity contribution is 9.10. The maximum Gasteiger partial charge on any atom is 0.266 e. The van der Waals surface area contributed by atoms with Crippen LogP contribution in [0.3, 0.4) is 0 Å². The Bertz CT molecular complexity index is 689. The summed E-state index contributed by atoms with van der Waals surface area (Å²) in [5, 5.41) is 0.755. The average molecular weight is 413 g/mol. The number of benzene rings is 1. The zero-order valence-electron chi connectivity index (χ0n) is 14.3. The maximum atomic E-state index is 12.6. The highest BCUT2D eigenvalue weighted by Crippen LogP contribution is 2.38. The Kier molecular flexibility index (Phi) is 6.74. The third-order valence-electron chi connectivity index (χ3n) is 3.37. The predicted octanol–water partition coefficient (Wildman–Crippen LogP) is 4.17. The minimum Gasteiger partial charge on any atom is -0.493 e. The van der Waals surface area contributed by atoms with Gasteiger partial charge in [-0.1, -0.05) is 15.9 Å². The molecule has 24 heavy (non-hydrogen) atoms. The molecule has 1 amide bonds. The number of ether oxygens (including phenoxy) is 2. The van der Waals surface area contributed by atoms with Crippen LogP contribution in [0.1, 0.15) is 26.3 Å². The molecule has 1 aromatic carbocycles. The van der Waals surface area contributed by atoms with E-state index in [-0.39, 0.29) is 5.91 Å². The molecule has 2 rings (SSSR count). The lowest BCUT2D eigenvalue weighted by Gasteiger charge is -2.12. The number of aliphatic imine (C=N–C) groups is 1. The Morgan fingerprint density at radius 3 is 2.62 bits per heavy atom. The summed E-state index contributed by atoms with van der Waals surface area (Å²) in [7, 11) is 1.60. The Morgan fingerprint density at radius 1 is 1.29 bits per heavy atom. The Hall–Kier alpha value is -1.47. The molecule has 1 aromatic rings. The average Bonchev–Trinajstić information content (AvgIpc) is 2.86. The van der Waals surface area contributed by atoms with Gasteiger partial charge in [0, 0.05) is 17.6 Å². The third kappa shape index (κ3) is 3.95. The molecule has 1 aliphatic heterocycles. The first kappa shape index (κ1) is 18.9. The molecule has 0 saturated carbocycles. The van der Waals surface area contributed by atoms with E-state index in [2.05, 4.69) is 20.9 Å². The van der Waals surface area contributed by atoms with Crippen molar-refractivity contribution >= 4 is 44.8 Å². The van der Waals surface area contributed by atoms with E-state index in [0.717, 1.165) is 15.2 Å². The number of thioether (sulfide) groups is 1. The lowest BCUT2D eigenvalue weighted by Crippen LogP contribution is -2.28. The van der Waals surface area contributed by atoms with Crippen molar-refractivity contribution in [2.24, 2.45) is 4.99 Å². The molecule has 5 nitrogen and oxygen atoms in total. The molecule has 1 saturated heterocycles. The number of hydrogen-bond donors (Lipinski definition) is 0. The van der Waals surface area contributed by atoms with Gasteiger partial charge in [-0.05, 0) is 56.3 Å². The summed E-state index contributed by atoms with van der Waals surface area (Å²) in [5.41, 5.74) is 0.865. The molecule has 0 unspecified atom stereocenters. The van der Waals surface area contributed by atoms with Crippen molar-refractivity contribution in [3.63, 3.8) is 0 Å². The van der Waals surface area contributed by atoms with Crippen LogP contribution in [0.4, 0.5) is 0 Å². The van der Waals surface area contributed by atoms with Crippen molar-refractivity contribution in [2.75, 3.05) is 26.8 Å².